The lowest BCUT2D eigenvalue weighted by Gasteiger charge is -2.06. The molecule has 3 heteroatoms. The Kier molecular flexibility index (Phi) is 4.25. The summed E-state index contributed by atoms with van der Waals surface area (Å²) in [6, 6.07) is 5.92. The molecule has 0 bridgehead atoms. The number of benzene rings is 1. The first-order chi connectivity index (χ1) is 6.24. The normalized spacial score (nSPS) is 10.1. The number of aryl methyl sites for hydroxylation is 1. The van der Waals surface area contributed by atoms with Crippen LogP contribution in [0.15, 0.2) is 22.7 Å². The van der Waals surface area contributed by atoms with Crippen molar-refractivity contribution in [1.29, 1.82) is 0 Å². The van der Waals surface area contributed by atoms with Crippen molar-refractivity contribution < 1.29 is 9.47 Å². The molecule has 0 spiro atoms. The smallest absolute Gasteiger partial charge is 0.119 e. The standard InChI is InChI=1S/C10H13BrO2/c1-8-7-9(3-4-10(8)11)13-6-5-12-2/h3-4,7H,5-6H2,1-2H3. The van der Waals surface area contributed by atoms with E-state index >= 15 is 0 Å². The van der Waals surface area contributed by atoms with E-state index in [9.17, 15) is 0 Å². The van der Waals surface area contributed by atoms with Crippen molar-refractivity contribution in [2.45, 2.75) is 6.92 Å². The minimum absolute atomic E-state index is 0.595. The Balaban J connectivity index is 2.53. The van der Waals surface area contributed by atoms with E-state index in [-0.39, 0.29) is 0 Å². The maximum absolute atomic E-state index is 5.44. The van der Waals surface area contributed by atoms with Crippen molar-refractivity contribution in [3.63, 3.8) is 0 Å². The Morgan fingerprint density at radius 3 is 2.69 bits per heavy atom. The highest BCUT2D eigenvalue weighted by molar-refractivity contribution is 9.10. The Hall–Kier alpha value is -0.540. The van der Waals surface area contributed by atoms with Gasteiger partial charge in [-0.05, 0) is 30.7 Å². The molecule has 0 unspecified atom stereocenters. The van der Waals surface area contributed by atoms with Crippen LogP contribution in [0.25, 0.3) is 0 Å². The molecule has 1 rings (SSSR count). The number of hydrogen-bond acceptors (Lipinski definition) is 2. The largest absolute Gasteiger partial charge is 0.491 e. The van der Waals surface area contributed by atoms with Gasteiger partial charge in [0, 0.05) is 11.6 Å². The third kappa shape index (κ3) is 3.36. The fraction of sp³-hybridized carbons (Fsp3) is 0.400. The fourth-order valence-corrected chi connectivity index (χ4v) is 1.20. The Morgan fingerprint density at radius 2 is 2.08 bits per heavy atom. The van der Waals surface area contributed by atoms with Gasteiger partial charge in [-0.1, -0.05) is 15.9 Å². The van der Waals surface area contributed by atoms with E-state index in [1.807, 2.05) is 25.1 Å². The summed E-state index contributed by atoms with van der Waals surface area (Å²) in [6.07, 6.45) is 0. The highest BCUT2D eigenvalue weighted by atomic mass is 79.9. The zero-order chi connectivity index (χ0) is 9.68. The molecule has 0 amide bonds. The summed E-state index contributed by atoms with van der Waals surface area (Å²) in [5.41, 5.74) is 1.18. The molecule has 0 aromatic heterocycles. The molecule has 0 radical (unpaired) electrons. The molecule has 0 heterocycles. The second kappa shape index (κ2) is 5.25. The van der Waals surface area contributed by atoms with Gasteiger partial charge in [-0.15, -0.1) is 0 Å². The summed E-state index contributed by atoms with van der Waals surface area (Å²) < 4.78 is 11.4. The second-order valence-corrected chi connectivity index (χ2v) is 3.61. The predicted molar refractivity (Wildman–Crippen MR) is 56.3 cm³/mol. The van der Waals surface area contributed by atoms with E-state index in [0.717, 1.165) is 10.2 Å². The summed E-state index contributed by atoms with van der Waals surface area (Å²) in [5.74, 6) is 0.887. The first-order valence-electron chi connectivity index (χ1n) is 4.12. The van der Waals surface area contributed by atoms with Crippen LogP contribution in [0.5, 0.6) is 5.75 Å². The van der Waals surface area contributed by atoms with Crippen LogP contribution >= 0.6 is 15.9 Å². The average molecular weight is 245 g/mol. The van der Waals surface area contributed by atoms with Crippen LogP contribution in [0.2, 0.25) is 0 Å². The summed E-state index contributed by atoms with van der Waals surface area (Å²) in [6.45, 7) is 3.25. The van der Waals surface area contributed by atoms with E-state index in [1.165, 1.54) is 5.56 Å². The van der Waals surface area contributed by atoms with Crippen LogP contribution in [0.1, 0.15) is 5.56 Å². The molecule has 1 aromatic rings. The quantitative estimate of drug-likeness (QED) is 0.759. The van der Waals surface area contributed by atoms with Gasteiger partial charge in [-0.25, -0.2) is 0 Å². The van der Waals surface area contributed by atoms with Gasteiger partial charge in [0.2, 0.25) is 0 Å². The molecule has 0 aliphatic rings. The molecule has 1 aromatic carbocycles. The number of hydrogen-bond donors (Lipinski definition) is 0. The number of ether oxygens (including phenoxy) is 2. The van der Waals surface area contributed by atoms with Crippen molar-refractivity contribution >= 4 is 15.9 Å². The van der Waals surface area contributed by atoms with Gasteiger partial charge in [0.1, 0.15) is 12.4 Å². The predicted octanol–water partition coefficient (Wildman–Crippen LogP) is 2.78. The van der Waals surface area contributed by atoms with Gasteiger partial charge < -0.3 is 9.47 Å². The van der Waals surface area contributed by atoms with Crippen molar-refractivity contribution in [3.8, 4) is 5.75 Å². The Bertz CT molecular complexity index is 274. The molecule has 72 valence electrons. The third-order valence-electron chi connectivity index (χ3n) is 1.69. The third-order valence-corrected chi connectivity index (χ3v) is 2.58. The SMILES string of the molecule is COCCOc1ccc(Br)c(C)c1. The molecule has 13 heavy (non-hydrogen) atoms. The maximum Gasteiger partial charge on any atom is 0.119 e. The van der Waals surface area contributed by atoms with E-state index in [2.05, 4.69) is 15.9 Å². The lowest BCUT2D eigenvalue weighted by atomic mass is 10.2. The van der Waals surface area contributed by atoms with Crippen molar-refractivity contribution in [2.75, 3.05) is 20.3 Å². The van der Waals surface area contributed by atoms with Gasteiger partial charge in [0.25, 0.3) is 0 Å². The van der Waals surface area contributed by atoms with Gasteiger partial charge in [-0.2, -0.15) is 0 Å². The van der Waals surface area contributed by atoms with Crippen molar-refractivity contribution in [2.24, 2.45) is 0 Å². The Morgan fingerprint density at radius 1 is 1.31 bits per heavy atom. The van der Waals surface area contributed by atoms with Crippen LogP contribution in [0, 0.1) is 6.92 Å². The molecule has 2 nitrogen and oxygen atoms in total. The number of halogens is 1. The molecule has 0 saturated carbocycles. The molecular formula is C10H13BrO2. The minimum Gasteiger partial charge on any atom is -0.491 e. The van der Waals surface area contributed by atoms with Crippen LogP contribution in [0.3, 0.4) is 0 Å². The highest BCUT2D eigenvalue weighted by Crippen LogP contribution is 2.21. The maximum atomic E-state index is 5.44. The van der Waals surface area contributed by atoms with E-state index in [4.69, 9.17) is 9.47 Å². The van der Waals surface area contributed by atoms with Crippen molar-refractivity contribution in [3.05, 3.63) is 28.2 Å². The topological polar surface area (TPSA) is 18.5 Å². The number of methoxy groups -OCH3 is 1. The molecule has 0 saturated heterocycles. The molecule has 0 aliphatic heterocycles. The zero-order valence-corrected chi connectivity index (χ0v) is 9.43. The van der Waals surface area contributed by atoms with E-state index < -0.39 is 0 Å². The molecule has 0 atom stereocenters. The first kappa shape index (κ1) is 10.5. The van der Waals surface area contributed by atoms with Gasteiger partial charge in [0.05, 0.1) is 6.61 Å². The van der Waals surface area contributed by atoms with Crippen LogP contribution in [-0.2, 0) is 4.74 Å². The lowest BCUT2D eigenvalue weighted by Crippen LogP contribution is -2.04. The summed E-state index contributed by atoms with van der Waals surface area (Å²) in [4.78, 5) is 0. The minimum atomic E-state index is 0.595. The van der Waals surface area contributed by atoms with Gasteiger partial charge in [-0.3, -0.25) is 0 Å². The summed E-state index contributed by atoms with van der Waals surface area (Å²) in [7, 11) is 1.66. The molecular weight excluding hydrogens is 232 g/mol. The monoisotopic (exact) mass is 244 g/mol. The zero-order valence-electron chi connectivity index (χ0n) is 7.84. The number of rotatable bonds is 4. The summed E-state index contributed by atoms with van der Waals surface area (Å²) >= 11 is 3.43. The Labute approximate surface area is 87.0 Å². The van der Waals surface area contributed by atoms with Gasteiger partial charge in [0.15, 0.2) is 0 Å². The van der Waals surface area contributed by atoms with Crippen LogP contribution in [-0.4, -0.2) is 20.3 Å². The molecule has 0 fully saturated rings. The first-order valence-corrected chi connectivity index (χ1v) is 4.91. The fourth-order valence-electron chi connectivity index (χ4n) is 0.950. The summed E-state index contributed by atoms with van der Waals surface area (Å²) in [5, 5.41) is 0. The highest BCUT2D eigenvalue weighted by Gasteiger charge is 1.97. The van der Waals surface area contributed by atoms with E-state index in [0.29, 0.717) is 13.2 Å². The molecule has 0 N–H and O–H groups in total. The van der Waals surface area contributed by atoms with Gasteiger partial charge >= 0.3 is 0 Å². The van der Waals surface area contributed by atoms with Crippen molar-refractivity contribution in [1.82, 2.24) is 0 Å². The second-order valence-electron chi connectivity index (χ2n) is 2.75. The average Bonchev–Trinajstić information content (AvgIpc) is 2.12. The van der Waals surface area contributed by atoms with Crippen LogP contribution in [0.4, 0.5) is 0 Å². The van der Waals surface area contributed by atoms with E-state index in [1.54, 1.807) is 7.11 Å². The lowest BCUT2D eigenvalue weighted by molar-refractivity contribution is 0.146. The van der Waals surface area contributed by atoms with Crippen LogP contribution < -0.4 is 4.74 Å². The molecule has 0 aliphatic carbocycles.